The molecule has 0 aromatic heterocycles. The van der Waals surface area contributed by atoms with E-state index >= 15 is 0 Å². The van der Waals surface area contributed by atoms with E-state index in [0.717, 1.165) is 0 Å². The van der Waals surface area contributed by atoms with Crippen molar-refractivity contribution in [1.82, 2.24) is 0 Å². The summed E-state index contributed by atoms with van der Waals surface area (Å²) in [6, 6.07) is 4.32. The highest BCUT2D eigenvalue weighted by Crippen LogP contribution is 2.23. The Morgan fingerprint density at radius 1 is 1.46 bits per heavy atom. The highest BCUT2D eigenvalue weighted by atomic mass is 35.5. The third kappa shape index (κ3) is 2.62. The van der Waals surface area contributed by atoms with Crippen LogP contribution in [0.4, 0.5) is 5.69 Å². The average Bonchev–Trinajstić information content (AvgIpc) is 2.04. The maximum absolute atomic E-state index is 10.7. The molecule has 1 aromatic carbocycles. The molecule has 13 heavy (non-hydrogen) atoms. The molecule has 0 amide bonds. The normalized spacial score (nSPS) is 9.38. The van der Waals surface area contributed by atoms with Gasteiger partial charge in [0.15, 0.2) is 0 Å². The molecule has 68 valence electrons. The van der Waals surface area contributed by atoms with Crippen LogP contribution in [0, 0.1) is 0 Å². The molecule has 0 bridgehead atoms. The molecule has 0 aliphatic carbocycles. The molecule has 1 aromatic rings. The van der Waals surface area contributed by atoms with Gasteiger partial charge in [-0.25, -0.2) is 0 Å². The van der Waals surface area contributed by atoms with Gasteiger partial charge in [-0.2, -0.15) is 8.57 Å². The number of hydrogen-bond acceptors (Lipinski definition) is 3. The molecule has 0 heterocycles. The number of halogens is 2. The first-order chi connectivity index (χ1) is 6.15. The number of rotatable bonds is 2. The van der Waals surface area contributed by atoms with E-state index < -0.39 is 5.24 Å². The lowest BCUT2D eigenvalue weighted by Gasteiger charge is -1.97. The van der Waals surface area contributed by atoms with Gasteiger partial charge in [0, 0.05) is 0 Å². The molecule has 0 aliphatic heterocycles. The maximum Gasteiger partial charge on any atom is 0.253 e. The van der Waals surface area contributed by atoms with Gasteiger partial charge in [0.25, 0.3) is 5.24 Å². The molecule has 0 aliphatic rings. The van der Waals surface area contributed by atoms with Crippen molar-refractivity contribution in [2.75, 3.05) is 0 Å². The number of carbonyl (C=O) groups excluding carboxylic acids is 1. The molecule has 1 rings (SSSR count). The van der Waals surface area contributed by atoms with Crippen molar-refractivity contribution >= 4 is 45.6 Å². The van der Waals surface area contributed by atoms with Gasteiger partial charge in [-0.1, -0.05) is 11.6 Å². The van der Waals surface area contributed by atoms with Crippen LogP contribution in [0.3, 0.4) is 0 Å². The third-order valence-corrected chi connectivity index (χ3v) is 2.11. The maximum atomic E-state index is 10.7. The lowest BCUT2D eigenvalue weighted by Crippen LogP contribution is -1.88. The predicted octanol–water partition coefficient (Wildman–Crippen LogP) is 2.75. The van der Waals surface area contributed by atoms with E-state index in [2.05, 4.69) is 4.36 Å². The topological polar surface area (TPSA) is 46.5 Å². The van der Waals surface area contributed by atoms with E-state index in [1.54, 1.807) is 0 Å². The highest BCUT2D eigenvalue weighted by molar-refractivity contribution is 7.54. The zero-order chi connectivity index (χ0) is 9.84. The molecule has 0 saturated carbocycles. The van der Waals surface area contributed by atoms with E-state index in [0.29, 0.717) is 5.69 Å². The van der Waals surface area contributed by atoms with E-state index in [1.165, 1.54) is 18.2 Å². The molecule has 6 heteroatoms. The van der Waals surface area contributed by atoms with Gasteiger partial charge in [0.2, 0.25) is 11.5 Å². The Morgan fingerprint density at radius 2 is 2.15 bits per heavy atom. The van der Waals surface area contributed by atoms with E-state index in [1.807, 2.05) is 0 Å². The zero-order valence-electron chi connectivity index (χ0n) is 6.16. The summed E-state index contributed by atoms with van der Waals surface area (Å²) in [6.07, 6.45) is 0. The van der Waals surface area contributed by atoms with Crippen molar-refractivity contribution in [2.45, 2.75) is 0 Å². The first-order valence-electron chi connectivity index (χ1n) is 3.14. The van der Waals surface area contributed by atoms with Gasteiger partial charge in [-0.15, -0.1) is 0 Å². The number of hydrogen-bond donors (Lipinski definition) is 0. The Morgan fingerprint density at radius 3 is 2.62 bits per heavy atom. The first-order valence-corrected chi connectivity index (χ1v) is 4.60. The van der Waals surface area contributed by atoms with E-state index in [9.17, 15) is 9.00 Å². The number of benzene rings is 1. The molecular weight excluding hydrogens is 233 g/mol. The summed E-state index contributed by atoms with van der Waals surface area (Å²) >= 11 is 11.0. The second-order valence-corrected chi connectivity index (χ2v) is 3.19. The molecule has 0 saturated heterocycles. The van der Waals surface area contributed by atoms with Gasteiger partial charge >= 0.3 is 0 Å². The van der Waals surface area contributed by atoms with Crippen LogP contribution in [0.1, 0.15) is 10.4 Å². The van der Waals surface area contributed by atoms with Crippen molar-refractivity contribution in [3.05, 3.63) is 28.8 Å². The fraction of sp³-hybridized carbons (Fsp3) is 0. The van der Waals surface area contributed by atoms with Gasteiger partial charge in [0.05, 0.1) is 16.3 Å². The fourth-order valence-corrected chi connectivity index (χ4v) is 1.44. The van der Waals surface area contributed by atoms with Crippen molar-refractivity contribution in [3.63, 3.8) is 0 Å². The Labute approximate surface area is 87.9 Å². The number of carbonyl (C=O) groups is 1. The Bertz CT molecular complexity index is 401. The van der Waals surface area contributed by atoms with E-state index in [4.69, 9.17) is 23.2 Å². The molecule has 0 unspecified atom stereocenters. The highest BCUT2D eigenvalue weighted by Gasteiger charge is 2.07. The molecular formula is C7H3Cl2NO2S. The van der Waals surface area contributed by atoms with Crippen LogP contribution in [0.2, 0.25) is 5.02 Å². The van der Waals surface area contributed by atoms with Crippen LogP contribution in [0.5, 0.6) is 0 Å². The predicted molar refractivity (Wildman–Crippen MR) is 51.9 cm³/mol. The second-order valence-electron chi connectivity index (χ2n) is 2.10. The fourth-order valence-electron chi connectivity index (χ4n) is 0.763. The van der Waals surface area contributed by atoms with Crippen molar-refractivity contribution in [3.8, 4) is 0 Å². The average molecular weight is 236 g/mol. The lowest BCUT2D eigenvalue weighted by atomic mass is 10.2. The summed E-state index contributed by atoms with van der Waals surface area (Å²) in [6.45, 7) is 0. The quantitative estimate of drug-likeness (QED) is 0.741. The van der Waals surface area contributed by atoms with Gasteiger partial charge in [-0.3, -0.25) is 4.79 Å². The van der Waals surface area contributed by atoms with Crippen molar-refractivity contribution < 1.29 is 9.00 Å². The lowest BCUT2D eigenvalue weighted by molar-refractivity contribution is 0.108. The molecule has 0 atom stereocenters. The summed E-state index contributed by atoms with van der Waals surface area (Å²) in [5.41, 5.74) is 0.616. The van der Waals surface area contributed by atoms with Gasteiger partial charge in [-0.05, 0) is 29.8 Å². The Kier molecular flexibility index (Phi) is 3.59. The van der Waals surface area contributed by atoms with Crippen LogP contribution in [-0.2, 0) is 11.5 Å². The van der Waals surface area contributed by atoms with Crippen molar-refractivity contribution in [1.29, 1.82) is 0 Å². The SMILES string of the molecule is O=S=Nc1ccc(C(=O)Cl)c(Cl)c1. The third-order valence-electron chi connectivity index (χ3n) is 1.31. The Balaban J connectivity index is 3.19. The summed E-state index contributed by atoms with van der Waals surface area (Å²) in [5, 5.41) is -0.443. The van der Waals surface area contributed by atoms with Crippen LogP contribution < -0.4 is 0 Å². The minimum atomic E-state index is -0.633. The zero-order valence-corrected chi connectivity index (χ0v) is 8.49. The second kappa shape index (κ2) is 4.50. The summed E-state index contributed by atoms with van der Waals surface area (Å²) in [7, 11) is 0. The Hall–Kier alpha value is -0.710. The van der Waals surface area contributed by atoms with Crippen LogP contribution >= 0.6 is 23.2 Å². The molecule has 0 N–H and O–H groups in total. The summed E-state index contributed by atoms with van der Waals surface area (Å²) in [5.74, 6) is 0. The summed E-state index contributed by atoms with van der Waals surface area (Å²) in [4.78, 5) is 10.7. The molecule has 3 nitrogen and oxygen atoms in total. The standard InChI is InChI=1S/C7H3Cl2NO2S/c8-6-3-4(10-13-12)1-2-5(6)7(9)11/h1-3H. The summed E-state index contributed by atoms with van der Waals surface area (Å²) < 4.78 is 13.5. The van der Waals surface area contributed by atoms with Crippen molar-refractivity contribution in [2.24, 2.45) is 4.36 Å². The minimum absolute atomic E-state index is 0.0761. The first kappa shape index (κ1) is 10.4. The monoisotopic (exact) mass is 235 g/mol. The van der Waals surface area contributed by atoms with Gasteiger partial charge < -0.3 is 0 Å². The smallest absolute Gasteiger partial charge is 0.253 e. The molecule has 0 fully saturated rings. The minimum Gasteiger partial charge on any atom is -0.276 e. The van der Waals surface area contributed by atoms with Crippen LogP contribution in [-0.4, -0.2) is 9.45 Å². The van der Waals surface area contributed by atoms with E-state index in [-0.39, 0.29) is 22.0 Å². The van der Waals surface area contributed by atoms with Crippen LogP contribution in [0.15, 0.2) is 22.6 Å². The largest absolute Gasteiger partial charge is 0.276 e. The van der Waals surface area contributed by atoms with Crippen LogP contribution in [0.25, 0.3) is 0 Å². The molecule has 0 radical (unpaired) electrons. The number of nitrogens with zero attached hydrogens (tertiary/aromatic N) is 1. The van der Waals surface area contributed by atoms with Gasteiger partial charge in [0.1, 0.15) is 0 Å². The molecule has 0 spiro atoms.